The predicted molar refractivity (Wildman–Crippen MR) is 87.4 cm³/mol. The highest BCUT2D eigenvalue weighted by Crippen LogP contribution is 2.23. The predicted octanol–water partition coefficient (Wildman–Crippen LogP) is 2.39. The van der Waals surface area contributed by atoms with Crippen LogP contribution >= 0.6 is 12.4 Å². The van der Waals surface area contributed by atoms with Crippen LogP contribution in [0.1, 0.15) is 22.6 Å². The second-order valence-corrected chi connectivity index (χ2v) is 5.33. The molecule has 0 unspecified atom stereocenters. The molecule has 1 amide bonds. The van der Waals surface area contributed by atoms with Crippen LogP contribution in [0.5, 0.6) is 0 Å². The molecule has 22 heavy (non-hydrogen) atoms. The summed E-state index contributed by atoms with van der Waals surface area (Å²) in [7, 11) is 0. The van der Waals surface area contributed by atoms with Crippen molar-refractivity contribution < 1.29 is 9.32 Å². The summed E-state index contributed by atoms with van der Waals surface area (Å²) in [5.41, 5.74) is 3.85. The van der Waals surface area contributed by atoms with E-state index in [1.807, 2.05) is 36.9 Å². The van der Waals surface area contributed by atoms with Gasteiger partial charge in [0, 0.05) is 30.9 Å². The number of carbonyl (C=O) groups is 1. The van der Waals surface area contributed by atoms with Crippen molar-refractivity contribution in [2.24, 2.45) is 0 Å². The second kappa shape index (κ2) is 6.94. The maximum Gasteiger partial charge on any atom is 0.231 e. The van der Waals surface area contributed by atoms with Crippen molar-refractivity contribution in [1.29, 1.82) is 0 Å². The molecule has 6 heteroatoms. The molecule has 1 aliphatic rings. The number of para-hydroxylation sites is 1. The summed E-state index contributed by atoms with van der Waals surface area (Å²) in [6.45, 7) is 5.99. The quantitative estimate of drug-likeness (QED) is 0.922. The normalized spacial score (nSPS) is 14.0. The third-order valence-corrected chi connectivity index (χ3v) is 3.92. The summed E-state index contributed by atoms with van der Waals surface area (Å²) in [5, 5.41) is 7.26. The van der Waals surface area contributed by atoms with E-state index in [9.17, 15) is 4.79 Å². The van der Waals surface area contributed by atoms with Crippen LogP contribution in [-0.2, 0) is 17.8 Å². The Labute approximate surface area is 136 Å². The highest BCUT2D eigenvalue weighted by atomic mass is 35.5. The molecule has 1 aromatic heterocycles. The van der Waals surface area contributed by atoms with E-state index >= 15 is 0 Å². The highest BCUT2D eigenvalue weighted by molar-refractivity contribution is 5.95. The molecule has 0 bridgehead atoms. The monoisotopic (exact) mass is 321 g/mol. The van der Waals surface area contributed by atoms with Crippen molar-refractivity contribution in [3.63, 3.8) is 0 Å². The third-order valence-electron chi connectivity index (χ3n) is 3.92. The number of halogens is 1. The number of aryl methyl sites for hydroxylation is 2. The van der Waals surface area contributed by atoms with Gasteiger partial charge in [-0.2, -0.15) is 0 Å². The van der Waals surface area contributed by atoms with Gasteiger partial charge >= 0.3 is 0 Å². The Morgan fingerprint density at radius 2 is 2.14 bits per heavy atom. The molecule has 1 N–H and O–H groups in total. The number of hydrogen-bond donors (Lipinski definition) is 1. The topological polar surface area (TPSA) is 58.4 Å². The number of nitrogens with zero attached hydrogens (tertiary/aromatic N) is 2. The lowest BCUT2D eigenvalue weighted by Gasteiger charge is -2.22. The largest absolute Gasteiger partial charge is 0.361 e. The number of nitrogens with one attached hydrogen (secondary N) is 1. The van der Waals surface area contributed by atoms with Gasteiger partial charge in [-0.25, -0.2) is 0 Å². The van der Waals surface area contributed by atoms with E-state index in [1.165, 1.54) is 0 Å². The van der Waals surface area contributed by atoms with Crippen LogP contribution in [0.25, 0.3) is 0 Å². The van der Waals surface area contributed by atoms with Crippen molar-refractivity contribution in [3.05, 3.63) is 46.8 Å². The zero-order chi connectivity index (χ0) is 14.8. The summed E-state index contributed by atoms with van der Waals surface area (Å²) >= 11 is 0. The maximum atomic E-state index is 12.7. The Morgan fingerprint density at radius 1 is 1.36 bits per heavy atom. The van der Waals surface area contributed by atoms with Crippen LogP contribution in [0.3, 0.4) is 0 Å². The van der Waals surface area contributed by atoms with Crippen molar-refractivity contribution in [1.82, 2.24) is 10.5 Å². The van der Waals surface area contributed by atoms with Gasteiger partial charge in [-0.15, -0.1) is 12.4 Å². The smallest absolute Gasteiger partial charge is 0.231 e. The standard InChI is InChI=1S/C16H19N3O2.ClH/c1-11-14(12(2)21-18-11)9-16(20)19-8-7-17-10-13-5-3-4-6-15(13)19;/h3-6,17H,7-10H2,1-2H3;1H. The molecule has 0 saturated carbocycles. The number of benzene rings is 1. The Balaban J connectivity index is 0.00000176. The second-order valence-electron chi connectivity index (χ2n) is 5.33. The van der Waals surface area contributed by atoms with Crippen LogP contribution in [0.2, 0.25) is 0 Å². The average molecular weight is 322 g/mol. The van der Waals surface area contributed by atoms with Crippen LogP contribution in [0, 0.1) is 13.8 Å². The maximum absolute atomic E-state index is 12.7. The van der Waals surface area contributed by atoms with E-state index in [2.05, 4.69) is 16.5 Å². The summed E-state index contributed by atoms with van der Waals surface area (Å²) in [5.74, 6) is 0.808. The average Bonchev–Trinajstić information content (AvgIpc) is 2.70. The Morgan fingerprint density at radius 3 is 2.86 bits per heavy atom. The first-order valence-corrected chi connectivity index (χ1v) is 7.17. The third kappa shape index (κ3) is 3.15. The molecule has 2 heterocycles. The van der Waals surface area contributed by atoms with Crippen LogP contribution in [-0.4, -0.2) is 24.2 Å². The number of hydrogen-bond acceptors (Lipinski definition) is 4. The zero-order valence-electron chi connectivity index (χ0n) is 12.8. The van der Waals surface area contributed by atoms with Crippen LogP contribution < -0.4 is 10.2 Å². The van der Waals surface area contributed by atoms with Crippen molar-refractivity contribution in [2.45, 2.75) is 26.8 Å². The molecule has 5 nitrogen and oxygen atoms in total. The van der Waals surface area contributed by atoms with E-state index < -0.39 is 0 Å². The number of carbonyl (C=O) groups excluding carboxylic acids is 1. The van der Waals surface area contributed by atoms with Gasteiger partial charge in [-0.1, -0.05) is 23.4 Å². The highest BCUT2D eigenvalue weighted by Gasteiger charge is 2.23. The Hall–Kier alpha value is -1.85. The van der Waals surface area contributed by atoms with Crippen molar-refractivity contribution in [2.75, 3.05) is 18.0 Å². The Bertz CT molecular complexity index is 650. The summed E-state index contributed by atoms with van der Waals surface area (Å²) in [6, 6.07) is 8.04. The van der Waals surface area contributed by atoms with Gasteiger partial charge in [0.1, 0.15) is 5.76 Å². The van der Waals surface area contributed by atoms with E-state index in [4.69, 9.17) is 4.52 Å². The molecule has 0 radical (unpaired) electrons. The Kier molecular flexibility index (Phi) is 5.21. The van der Waals surface area contributed by atoms with Gasteiger partial charge in [-0.3, -0.25) is 4.79 Å². The van der Waals surface area contributed by atoms with Crippen molar-refractivity contribution >= 4 is 24.0 Å². The number of rotatable bonds is 2. The van der Waals surface area contributed by atoms with Gasteiger partial charge in [0.15, 0.2) is 0 Å². The number of fused-ring (bicyclic) bond motifs is 1. The minimum atomic E-state index is 0. The van der Waals surface area contributed by atoms with E-state index in [0.29, 0.717) is 13.0 Å². The van der Waals surface area contributed by atoms with E-state index in [1.54, 1.807) is 0 Å². The lowest BCUT2D eigenvalue weighted by atomic mass is 10.1. The number of aromatic nitrogens is 1. The molecule has 0 spiro atoms. The molecule has 2 aromatic rings. The lowest BCUT2D eigenvalue weighted by Crippen LogP contribution is -2.36. The lowest BCUT2D eigenvalue weighted by molar-refractivity contribution is -0.118. The van der Waals surface area contributed by atoms with Crippen LogP contribution in [0.4, 0.5) is 5.69 Å². The summed E-state index contributed by atoms with van der Waals surface area (Å²) < 4.78 is 5.14. The SMILES string of the molecule is Cc1noc(C)c1CC(=O)N1CCNCc2ccccc21.Cl. The molecule has 1 aliphatic heterocycles. The van der Waals surface area contributed by atoms with Gasteiger partial charge in [-0.05, 0) is 25.5 Å². The van der Waals surface area contributed by atoms with Crippen LogP contribution in [0.15, 0.2) is 28.8 Å². The van der Waals surface area contributed by atoms with E-state index in [-0.39, 0.29) is 18.3 Å². The number of amides is 1. The fourth-order valence-corrected chi connectivity index (χ4v) is 2.72. The fourth-order valence-electron chi connectivity index (χ4n) is 2.72. The first-order valence-electron chi connectivity index (χ1n) is 7.17. The summed E-state index contributed by atoms with van der Waals surface area (Å²) in [6.07, 6.45) is 0.329. The first kappa shape index (κ1) is 16.5. The minimum absolute atomic E-state index is 0. The first-order chi connectivity index (χ1) is 10.2. The van der Waals surface area contributed by atoms with Gasteiger partial charge in [0.2, 0.25) is 5.91 Å². The van der Waals surface area contributed by atoms with Gasteiger partial charge in [0.05, 0.1) is 12.1 Å². The molecule has 0 fully saturated rings. The fraction of sp³-hybridized carbons (Fsp3) is 0.375. The molecule has 3 rings (SSSR count). The number of anilines is 1. The summed E-state index contributed by atoms with van der Waals surface area (Å²) in [4.78, 5) is 14.6. The minimum Gasteiger partial charge on any atom is -0.361 e. The molecule has 1 aromatic carbocycles. The molecule has 0 saturated heterocycles. The molecule has 0 aliphatic carbocycles. The van der Waals surface area contributed by atoms with Crippen molar-refractivity contribution in [3.8, 4) is 0 Å². The van der Waals surface area contributed by atoms with E-state index in [0.717, 1.165) is 41.4 Å². The molecule has 0 atom stereocenters. The zero-order valence-corrected chi connectivity index (χ0v) is 13.6. The van der Waals surface area contributed by atoms with Gasteiger partial charge < -0.3 is 14.7 Å². The molecule has 118 valence electrons. The molecular weight excluding hydrogens is 302 g/mol. The molecular formula is C16H20ClN3O2. The van der Waals surface area contributed by atoms with Gasteiger partial charge in [0.25, 0.3) is 0 Å².